The average Bonchev–Trinajstić information content (AvgIpc) is 2.72. The van der Waals surface area contributed by atoms with Gasteiger partial charge in [0.05, 0.1) is 18.2 Å². The smallest absolute Gasteiger partial charge is 0.411 e. The van der Waals surface area contributed by atoms with Crippen molar-refractivity contribution in [3.05, 3.63) is 65.2 Å². The molecule has 0 aliphatic heterocycles. The molecule has 0 radical (unpaired) electrons. The average molecular weight is 398 g/mol. The maximum absolute atomic E-state index is 12.1. The van der Waals surface area contributed by atoms with Gasteiger partial charge in [0.1, 0.15) is 0 Å². The van der Waals surface area contributed by atoms with Gasteiger partial charge in [0.2, 0.25) is 0 Å². The number of rotatable bonds is 8. The molecule has 0 heterocycles. The lowest BCUT2D eigenvalue weighted by Crippen LogP contribution is -2.31. The fraction of sp³-hybridized carbons (Fsp3) is 0.318. The highest BCUT2D eigenvalue weighted by atomic mass is 16.5. The molecule has 2 aromatic rings. The van der Waals surface area contributed by atoms with E-state index < -0.39 is 12.1 Å². The lowest BCUT2D eigenvalue weighted by molar-refractivity contribution is -0.124. The molecule has 1 atom stereocenters. The summed E-state index contributed by atoms with van der Waals surface area (Å²) in [5, 5.41) is 5.33. The molecule has 0 aromatic heterocycles. The van der Waals surface area contributed by atoms with Crippen molar-refractivity contribution in [2.45, 2.75) is 33.2 Å². The number of nitrogens with one attached hydrogen (secondary N) is 2. The summed E-state index contributed by atoms with van der Waals surface area (Å²) in [6, 6.07) is 13.9. The number of aryl methyl sites for hydroxylation is 1. The highest BCUT2D eigenvalue weighted by Gasteiger charge is 2.13. The van der Waals surface area contributed by atoms with Crippen molar-refractivity contribution in [3.63, 3.8) is 0 Å². The maximum Gasteiger partial charge on any atom is 0.411 e. The molecule has 0 bridgehead atoms. The normalized spacial score (nSPS) is 11.3. The Hall–Kier alpha value is -3.35. The molecule has 2 N–H and O–H groups in total. The number of carbonyl (C=O) groups excluding carboxylic acids is 3. The zero-order valence-electron chi connectivity index (χ0n) is 16.9. The first-order valence-electron chi connectivity index (χ1n) is 9.52. The van der Waals surface area contributed by atoms with Crippen molar-refractivity contribution in [1.82, 2.24) is 5.32 Å². The molecule has 29 heavy (non-hydrogen) atoms. The number of hydrogen-bond donors (Lipinski definition) is 2. The minimum Gasteiger partial charge on any atom is -0.452 e. The second-order valence-corrected chi connectivity index (χ2v) is 6.38. The molecule has 7 heteroatoms. The lowest BCUT2D eigenvalue weighted by atomic mass is 10.1. The molecule has 154 valence electrons. The molecule has 0 aliphatic rings. The zero-order chi connectivity index (χ0) is 21.2. The summed E-state index contributed by atoms with van der Waals surface area (Å²) in [4.78, 5) is 35.5. The Kier molecular flexibility index (Phi) is 8.21. The third-order valence-corrected chi connectivity index (χ3v) is 4.24. The first-order valence-corrected chi connectivity index (χ1v) is 9.52. The van der Waals surface area contributed by atoms with Crippen LogP contribution in [0.25, 0.3) is 0 Å². The number of ether oxygens (including phenoxy) is 2. The van der Waals surface area contributed by atoms with Crippen LogP contribution in [0.4, 0.5) is 10.5 Å². The van der Waals surface area contributed by atoms with E-state index in [2.05, 4.69) is 17.6 Å². The number of esters is 1. The predicted octanol–water partition coefficient (Wildman–Crippen LogP) is 3.85. The van der Waals surface area contributed by atoms with Gasteiger partial charge < -0.3 is 14.8 Å². The molecule has 2 rings (SSSR count). The molecular formula is C22H26N2O5. The Morgan fingerprint density at radius 1 is 0.931 bits per heavy atom. The quantitative estimate of drug-likeness (QED) is 0.659. The lowest BCUT2D eigenvalue weighted by Gasteiger charge is -2.15. The van der Waals surface area contributed by atoms with Crippen LogP contribution in [0, 0.1) is 0 Å². The van der Waals surface area contributed by atoms with Crippen LogP contribution in [-0.2, 0) is 20.7 Å². The van der Waals surface area contributed by atoms with Crippen molar-refractivity contribution in [2.75, 3.05) is 18.5 Å². The van der Waals surface area contributed by atoms with Gasteiger partial charge in [-0.1, -0.05) is 31.2 Å². The second-order valence-electron chi connectivity index (χ2n) is 6.38. The fourth-order valence-corrected chi connectivity index (χ4v) is 2.60. The summed E-state index contributed by atoms with van der Waals surface area (Å²) in [6.07, 6.45) is 0.384. The van der Waals surface area contributed by atoms with Crippen molar-refractivity contribution in [3.8, 4) is 0 Å². The van der Waals surface area contributed by atoms with Gasteiger partial charge >= 0.3 is 12.1 Å². The van der Waals surface area contributed by atoms with E-state index in [9.17, 15) is 14.4 Å². The molecule has 0 aliphatic carbocycles. The Balaban J connectivity index is 1.81. The van der Waals surface area contributed by atoms with Crippen molar-refractivity contribution in [1.29, 1.82) is 0 Å². The highest BCUT2D eigenvalue weighted by molar-refractivity contribution is 5.92. The van der Waals surface area contributed by atoms with Gasteiger partial charge in [-0.15, -0.1) is 0 Å². The zero-order valence-corrected chi connectivity index (χ0v) is 16.9. The van der Waals surface area contributed by atoms with Crippen LogP contribution in [0.2, 0.25) is 0 Å². The third kappa shape index (κ3) is 6.95. The van der Waals surface area contributed by atoms with E-state index in [1.54, 1.807) is 19.1 Å². The van der Waals surface area contributed by atoms with Gasteiger partial charge in [-0.2, -0.15) is 0 Å². The van der Waals surface area contributed by atoms with E-state index in [0.717, 1.165) is 12.0 Å². The van der Waals surface area contributed by atoms with E-state index in [4.69, 9.17) is 9.47 Å². The standard InChI is InChI=1S/C22H26N2O5/c1-4-16-6-8-17(9-7-16)15(3)23-20(25)14-29-21(26)18-10-12-19(13-11-18)24-22(27)28-5-2/h6-13,15H,4-5,14H2,1-3H3,(H,23,25)(H,24,27). The minimum absolute atomic E-state index is 0.194. The van der Waals surface area contributed by atoms with Gasteiger partial charge in [0.15, 0.2) is 6.61 Å². The van der Waals surface area contributed by atoms with E-state index in [0.29, 0.717) is 5.69 Å². The van der Waals surface area contributed by atoms with Crippen molar-refractivity contribution in [2.24, 2.45) is 0 Å². The number of hydrogen-bond acceptors (Lipinski definition) is 5. The summed E-state index contributed by atoms with van der Waals surface area (Å²) >= 11 is 0. The maximum atomic E-state index is 12.1. The van der Waals surface area contributed by atoms with E-state index >= 15 is 0 Å². The molecule has 2 amide bonds. The number of amides is 2. The Bertz CT molecular complexity index is 831. The molecule has 7 nitrogen and oxygen atoms in total. The predicted molar refractivity (Wildman–Crippen MR) is 110 cm³/mol. The summed E-state index contributed by atoms with van der Waals surface area (Å²) in [7, 11) is 0. The summed E-state index contributed by atoms with van der Waals surface area (Å²) in [5.74, 6) is -1.01. The molecule has 0 saturated heterocycles. The Morgan fingerprint density at radius 2 is 1.59 bits per heavy atom. The first kappa shape index (κ1) is 21.9. The van der Waals surface area contributed by atoms with Crippen LogP contribution in [-0.4, -0.2) is 31.2 Å². The van der Waals surface area contributed by atoms with E-state index in [-0.39, 0.29) is 30.7 Å². The molecule has 0 saturated carbocycles. The van der Waals surface area contributed by atoms with Crippen LogP contribution in [0.5, 0.6) is 0 Å². The van der Waals surface area contributed by atoms with Gasteiger partial charge in [-0.05, 0) is 55.7 Å². The van der Waals surface area contributed by atoms with E-state index in [1.807, 2.05) is 31.2 Å². The van der Waals surface area contributed by atoms with Crippen LogP contribution in [0.1, 0.15) is 48.3 Å². The Labute approximate surface area is 170 Å². The minimum atomic E-state index is -0.622. The summed E-state index contributed by atoms with van der Waals surface area (Å²) < 4.78 is 9.84. The van der Waals surface area contributed by atoms with Crippen LogP contribution in [0.3, 0.4) is 0 Å². The van der Waals surface area contributed by atoms with Gasteiger partial charge in [-0.25, -0.2) is 9.59 Å². The largest absolute Gasteiger partial charge is 0.452 e. The van der Waals surface area contributed by atoms with Crippen LogP contribution in [0.15, 0.2) is 48.5 Å². The van der Waals surface area contributed by atoms with Crippen LogP contribution < -0.4 is 10.6 Å². The van der Waals surface area contributed by atoms with Crippen molar-refractivity contribution >= 4 is 23.7 Å². The molecule has 2 aromatic carbocycles. The number of benzene rings is 2. The summed E-state index contributed by atoms with van der Waals surface area (Å²) in [6.45, 7) is 5.55. The Morgan fingerprint density at radius 3 is 2.17 bits per heavy atom. The topological polar surface area (TPSA) is 93.7 Å². The van der Waals surface area contributed by atoms with Gasteiger partial charge in [-0.3, -0.25) is 10.1 Å². The van der Waals surface area contributed by atoms with Crippen molar-refractivity contribution < 1.29 is 23.9 Å². The van der Waals surface area contributed by atoms with Crippen LogP contribution >= 0.6 is 0 Å². The van der Waals surface area contributed by atoms with Gasteiger partial charge in [0, 0.05) is 5.69 Å². The number of anilines is 1. The second kappa shape index (κ2) is 10.8. The molecule has 0 fully saturated rings. The molecular weight excluding hydrogens is 372 g/mol. The first-order chi connectivity index (χ1) is 13.9. The monoisotopic (exact) mass is 398 g/mol. The van der Waals surface area contributed by atoms with E-state index in [1.165, 1.54) is 17.7 Å². The SMILES string of the molecule is CCOC(=O)Nc1ccc(C(=O)OCC(=O)NC(C)c2ccc(CC)cc2)cc1. The van der Waals surface area contributed by atoms with Gasteiger partial charge in [0.25, 0.3) is 5.91 Å². The number of carbonyl (C=O) groups is 3. The third-order valence-electron chi connectivity index (χ3n) is 4.24. The highest BCUT2D eigenvalue weighted by Crippen LogP contribution is 2.14. The summed E-state index contributed by atoms with van der Waals surface area (Å²) in [5.41, 5.74) is 2.97. The fourth-order valence-electron chi connectivity index (χ4n) is 2.60. The molecule has 0 spiro atoms. The molecule has 1 unspecified atom stereocenters.